The number of hydrogen-bond acceptors (Lipinski definition) is 0. The van der Waals surface area contributed by atoms with Crippen LogP contribution < -0.4 is 0 Å². The Hall–Kier alpha value is -3.02. The van der Waals surface area contributed by atoms with Crippen molar-refractivity contribution in [3.8, 4) is 0 Å². The van der Waals surface area contributed by atoms with E-state index in [4.69, 9.17) is 0 Å². The molecule has 0 heterocycles. The quantitative estimate of drug-likeness (QED) is 0.162. The Morgan fingerprint density at radius 2 is 1.09 bits per heavy atom. The van der Waals surface area contributed by atoms with Crippen molar-refractivity contribution in [1.82, 2.24) is 0 Å². The minimum atomic E-state index is 0.203. The second-order valence-corrected chi connectivity index (χ2v) is 15.6. The van der Waals surface area contributed by atoms with Gasteiger partial charge in [0.2, 0.25) is 0 Å². The van der Waals surface area contributed by atoms with Gasteiger partial charge in [0.1, 0.15) is 0 Å². The molecular formula is C45H52Zr. The van der Waals surface area contributed by atoms with E-state index in [0.29, 0.717) is 0 Å². The Balaban J connectivity index is 0.000000167. The zero-order valence-electron chi connectivity index (χ0n) is 29.6. The first-order valence-corrected chi connectivity index (χ1v) is 18.2. The Morgan fingerprint density at radius 1 is 0.630 bits per heavy atom. The fourth-order valence-electron chi connectivity index (χ4n) is 6.11. The molecule has 0 spiro atoms. The third-order valence-corrected chi connectivity index (χ3v) is 10.4. The molecule has 0 aromatic heterocycles. The van der Waals surface area contributed by atoms with Crippen molar-refractivity contribution < 1.29 is 24.2 Å². The van der Waals surface area contributed by atoms with Crippen LogP contribution >= 0.6 is 0 Å². The predicted octanol–water partition coefficient (Wildman–Crippen LogP) is 12.8. The monoisotopic (exact) mass is 682 g/mol. The van der Waals surface area contributed by atoms with E-state index in [9.17, 15) is 0 Å². The van der Waals surface area contributed by atoms with Gasteiger partial charge in [0.15, 0.2) is 0 Å². The van der Waals surface area contributed by atoms with Gasteiger partial charge in [-0.3, -0.25) is 6.08 Å². The molecule has 0 nitrogen and oxygen atoms in total. The molecule has 0 amide bonds. The van der Waals surface area contributed by atoms with Gasteiger partial charge in [-0.1, -0.05) is 117 Å². The normalized spacial score (nSPS) is 13.2. The van der Waals surface area contributed by atoms with Crippen LogP contribution in [0.5, 0.6) is 0 Å². The zero-order chi connectivity index (χ0) is 33.5. The Morgan fingerprint density at radius 3 is 1.46 bits per heavy atom. The van der Waals surface area contributed by atoms with Crippen molar-refractivity contribution in [2.24, 2.45) is 0 Å². The van der Waals surface area contributed by atoms with Crippen molar-refractivity contribution >= 4 is 24.8 Å². The maximum atomic E-state index is 3.45. The molecule has 0 unspecified atom stereocenters. The van der Waals surface area contributed by atoms with Gasteiger partial charge in [0, 0.05) is 0 Å². The molecule has 5 aromatic rings. The van der Waals surface area contributed by atoms with E-state index in [1.807, 2.05) is 0 Å². The molecule has 0 fully saturated rings. The van der Waals surface area contributed by atoms with Crippen LogP contribution in [0.4, 0.5) is 0 Å². The van der Waals surface area contributed by atoms with Gasteiger partial charge in [-0.15, -0.1) is 46.2 Å². The molecule has 1 aliphatic carbocycles. The molecule has 5 aromatic carbocycles. The minimum absolute atomic E-state index is 0.203. The predicted molar refractivity (Wildman–Crippen MR) is 200 cm³/mol. The molecule has 1 heteroatoms. The summed E-state index contributed by atoms with van der Waals surface area (Å²) in [4.78, 5) is 0. The number of fused-ring (bicyclic) bond motifs is 3. The molecule has 0 radical (unpaired) electrons. The van der Waals surface area contributed by atoms with Gasteiger partial charge in [-0.2, -0.15) is 11.1 Å². The summed E-state index contributed by atoms with van der Waals surface area (Å²) in [6.07, 6.45) is 8.11. The summed E-state index contributed by atoms with van der Waals surface area (Å²) < 4.78 is 1.42. The summed E-state index contributed by atoms with van der Waals surface area (Å²) in [5, 5.41) is 5.48. The second kappa shape index (κ2) is 15.7. The van der Waals surface area contributed by atoms with Crippen LogP contribution in [0.15, 0.2) is 120 Å². The molecule has 0 N–H and O–H groups in total. The zero-order valence-corrected chi connectivity index (χ0v) is 32.1. The van der Waals surface area contributed by atoms with Gasteiger partial charge in [0.25, 0.3) is 0 Å². The SMILES string of the molecule is CC(C)(C)c1ccc2c(c1)[cH-]c1cc(C(C)(C)C)ccc12.CCC1=[C-]CC(CC)=C1CC.[Zr+2]=[C](c1ccccc1)c1ccccc1. The van der Waals surface area contributed by atoms with Crippen LogP contribution in [-0.2, 0) is 35.1 Å². The van der Waals surface area contributed by atoms with E-state index in [1.54, 1.807) is 11.1 Å². The van der Waals surface area contributed by atoms with Gasteiger partial charge < -0.3 is 0 Å². The number of benzene rings is 4. The molecule has 1 aliphatic rings. The van der Waals surface area contributed by atoms with Crippen LogP contribution in [-0.4, -0.2) is 3.21 Å². The Bertz CT molecular complexity index is 1700. The van der Waals surface area contributed by atoms with E-state index >= 15 is 0 Å². The number of hydrogen-bond donors (Lipinski definition) is 0. The van der Waals surface area contributed by atoms with Crippen molar-refractivity contribution in [2.75, 3.05) is 0 Å². The maximum absolute atomic E-state index is 3.45. The van der Waals surface area contributed by atoms with E-state index in [2.05, 4.69) is 172 Å². The first-order chi connectivity index (χ1) is 21.9. The first-order valence-electron chi connectivity index (χ1n) is 17.0. The molecular weight excluding hydrogens is 632 g/mol. The summed E-state index contributed by atoms with van der Waals surface area (Å²) in [6.45, 7) is 20.3. The third kappa shape index (κ3) is 8.86. The summed E-state index contributed by atoms with van der Waals surface area (Å²) in [6, 6.07) is 37.3. The average Bonchev–Trinajstić information content (AvgIpc) is 3.64. The summed E-state index contributed by atoms with van der Waals surface area (Å²) >= 11 is 1.46. The van der Waals surface area contributed by atoms with Crippen molar-refractivity contribution in [3.05, 3.63) is 148 Å². The Kier molecular flexibility index (Phi) is 12.2. The summed E-state index contributed by atoms with van der Waals surface area (Å²) in [7, 11) is 0. The summed E-state index contributed by atoms with van der Waals surface area (Å²) in [5.74, 6) is 0. The molecule has 0 saturated heterocycles. The number of rotatable bonds is 5. The fourth-order valence-corrected chi connectivity index (χ4v) is 6.93. The molecule has 0 bridgehead atoms. The Labute approximate surface area is 294 Å². The number of allylic oxidation sites excluding steroid dienone is 4. The average molecular weight is 684 g/mol. The van der Waals surface area contributed by atoms with E-state index in [1.165, 1.54) is 89.7 Å². The van der Waals surface area contributed by atoms with E-state index in [0.717, 1.165) is 12.8 Å². The van der Waals surface area contributed by atoms with E-state index in [-0.39, 0.29) is 10.8 Å². The fraction of sp³-hybridized carbons (Fsp3) is 0.333. The topological polar surface area (TPSA) is 0 Å². The van der Waals surface area contributed by atoms with Gasteiger partial charge in [0.05, 0.1) is 0 Å². The van der Waals surface area contributed by atoms with E-state index < -0.39 is 0 Å². The molecule has 46 heavy (non-hydrogen) atoms. The van der Waals surface area contributed by atoms with Gasteiger partial charge >= 0.3 is 99.2 Å². The molecule has 0 saturated carbocycles. The molecule has 236 valence electrons. The second-order valence-electron chi connectivity index (χ2n) is 14.3. The molecule has 6 rings (SSSR count). The van der Waals surface area contributed by atoms with Crippen molar-refractivity contribution in [2.45, 2.75) is 98.8 Å². The van der Waals surface area contributed by atoms with Crippen LogP contribution in [0.2, 0.25) is 0 Å². The van der Waals surface area contributed by atoms with Crippen molar-refractivity contribution in [3.63, 3.8) is 0 Å². The van der Waals surface area contributed by atoms with Gasteiger partial charge in [-0.25, -0.2) is 5.57 Å². The van der Waals surface area contributed by atoms with Crippen LogP contribution in [0, 0.1) is 6.08 Å². The van der Waals surface area contributed by atoms with Crippen LogP contribution in [0.1, 0.15) is 110 Å². The first kappa shape index (κ1) is 35.8. The van der Waals surface area contributed by atoms with Gasteiger partial charge in [-0.05, 0) is 10.8 Å². The molecule has 0 atom stereocenters. The van der Waals surface area contributed by atoms with Crippen molar-refractivity contribution in [1.29, 1.82) is 0 Å². The van der Waals surface area contributed by atoms with Crippen LogP contribution in [0.3, 0.4) is 0 Å². The van der Waals surface area contributed by atoms with Crippen LogP contribution in [0.25, 0.3) is 21.5 Å². The standard InChI is InChI=1S/C21H25.C13H10.C11H17.Zr/c1-20(2,3)16-7-9-18-14(12-16)11-15-13-17(21(4,5)6)8-10-19(15)18;1-3-7-12(8-4-1)11-13-9-5-2-6-10-13;1-4-9-7-8-10(5-2)11(9)6-3;/h7-13H,1-6H3;1-10H;4-7H2,1-3H3;/q-1;;-1;+2. The third-order valence-electron chi connectivity index (χ3n) is 9.00. The molecule has 0 aliphatic heterocycles. The summed E-state index contributed by atoms with van der Waals surface area (Å²) in [5.41, 5.74) is 10.6.